The zero-order valence-electron chi connectivity index (χ0n) is 11.4. The molecule has 2 N–H and O–H groups in total. The monoisotopic (exact) mass is 269 g/mol. The van der Waals surface area contributed by atoms with Gasteiger partial charge in [-0.15, -0.1) is 11.3 Å². The highest BCUT2D eigenvalue weighted by molar-refractivity contribution is 7.15. The Morgan fingerprint density at radius 2 is 2.22 bits per heavy atom. The molecule has 102 valence electrons. The van der Waals surface area contributed by atoms with Gasteiger partial charge in [0.1, 0.15) is 0 Å². The molecule has 1 unspecified atom stereocenters. The van der Waals surface area contributed by atoms with E-state index in [-0.39, 0.29) is 6.61 Å². The predicted molar refractivity (Wildman–Crippen MR) is 76.2 cm³/mol. The Balaban J connectivity index is 1.92. The van der Waals surface area contributed by atoms with Crippen LogP contribution in [0.25, 0.3) is 0 Å². The molecule has 0 aliphatic heterocycles. The molecular formula is C13H23N3OS. The van der Waals surface area contributed by atoms with Crippen LogP contribution in [0.4, 0.5) is 5.13 Å². The largest absolute Gasteiger partial charge is 0.396 e. The number of aliphatic hydroxyl groups excluding tert-OH is 1. The fourth-order valence-electron chi connectivity index (χ4n) is 2.13. The average molecular weight is 269 g/mol. The SMILES string of the molecule is Cc1nc(N(C)C)sc1CNC(CCO)C1CC1. The third kappa shape index (κ3) is 3.43. The third-order valence-corrected chi connectivity index (χ3v) is 4.75. The smallest absolute Gasteiger partial charge is 0.185 e. The molecule has 4 nitrogen and oxygen atoms in total. The first-order chi connectivity index (χ1) is 8.61. The van der Waals surface area contributed by atoms with Gasteiger partial charge in [-0.05, 0) is 32.1 Å². The topological polar surface area (TPSA) is 48.4 Å². The van der Waals surface area contributed by atoms with E-state index in [0.29, 0.717) is 6.04 Å². The normalized spacial score (nSPS) is 16.9. The molecule has 1 saturated carbocycles. The van der Waals surface area contributed by atoms with Gasteiger partial charge in [0.25, 0.3) is 0 Å². The molecule has 1 fully saturated rings. The van der Waals surface area contributed by atoms with Gasteiger partial charge in [0, 0.05) is 38.2 Å². The van der Waals surface area contributed by atoms with Gasteiger partial charge in [-0.25, -0.2) is 4.98 Å². The minimum Gasteiger partial charge on any atom is -0.396 e. The van der Waals surface area contributed by atoms with Crippen molar-refractivity contribution in [3.63, 3.8) is 0 Å². The van der Waals surface area contributed by atoms with Crippen molar-refractivity contribution < 1.29 is 5.11 Å². The summed E-state index contributed by atoms with van der Waals surface area (Å²) in [5.41, 5.74) is 1.12. The standard InChI is InChI=1S/C13H23N3OS/c1-9-12(18-13(15-9)16(2)3)8-14-11(6-7-17)10-4-5-10/h10-11,14,17H,4-8H2,1-3H3. The zero-order valence-corrected chi connectivity index (χ0v) is 12.3. The van der Waals surface area contributed by atoms with Crippen LogP contribution < -0.4 is 10.2 Å². The molecule has 5 heteroatoms. The molecule has 1 aliphatic rings. The Morgan fingerprint density at radius 3 is 2.72 bits per heavy atom. The van der Waals surface area contributed by atoms with Crippen LogP contribution in [0.5, 0.6) is 0 Å². The van der Waals surface area contributed by atoms with Crippen molar-refractivity contribution in [2.75, 3.05) is 25.6 Å². The molecule has 0 spiro atoms. The second kappa shape index (κ2) is 5.99. The molecule has 2 rings (SSSR count). The number of hydrogen-bond donors (Lipinski definition) is 2. The van der Waals surface area contributed by atoms with Gasteiger partial charge in [0.05, 0.1) is 5.69 Å². The number of rotatable bonds is 7. The molecule has 1 atom stereocenters. The van der Waals surface area contributed by atoms with Gasteiger partial charge >= 0.3 is 0 Å². The number of aromatic nitrogens is 1. The lowest BCUT2D eigenvalue weighted by atomic mass is 10.1. The van der Waals surface area contributed by atoms with Crippen molar-refractivity contribution in [1.29, 1.82) is 0 Å². The van der Waals surface area contributed by atoms with Crippen LogP contribution in [0.3, 0.4) is 0 Å². The second-order valence-electron chi connectivity index (χ2n) is 5.24. The zero-order chi connectivity index (χ0) is 13.1. The highest BCUT2D eigenvalue weighted by Crippen LogP contribution is 2.34. The van der Waals surface area contributed by atoms with E-state index in [4.69, 9.17) is 5.11 Å². The Labute approximate surface area is 113 Å². The van der Waals surface area contributed by atoms with E-state index in [2.05, 4.69) is 17.2 Å². The van der Waals surface area contributed by atoms with Gasteiger partial charge in [-0.3, -0.25) is 0 Å². The molecule has 1 aliphatic carbocycles. The van der Waals surface area contributed by atoms with E-state index in [1.165, 1.54) is 17.7 Å². The number of thiazole rings is 1. The quantitative estimate of drug-likeness (QED) is 0.792. The maximum Gasteiger partial charge on any atom is 0.185 e. The molecule has 1 heterocycles. The summed E-state index contributed by atoms with van der Waals surface area (Å²) >= 11 is 1.75. The number of nitrogens with zero attached hydrogens (tertiary/aromatic N) is 2. The first-order valence-electron chi connectivity index (χ1n) is 6.59. The fourth-order valence-corrected chi connectivity index (χ4v) is 3.07. The Kier molecular flexibility index (Phi) is 4.59. The van der Waals surface area contributed by atoms with Crippen LogP contribution >= 0.6 is 11.3 Å². The summed E-state index contributed by atoms with van der Waals surface area (Å²) < 4.78 is 0. The van der Waals surface area contributed by atoms with Crippen molar-refractivity contribution in [2.24, 2.45) is 5.92 Å². The first kappa shape index (κ1) is 13.8. The fraction of sp³-hybridized carbons (Fsp3) is 0.769. The van der Waals surface area contributed by atoms with E-state index in [9.17, 15) is 0 Å². The minimum atomic E-state index is 0.277. The van der Waals surface area contributed by atoms with Crippen LogP contribution in [-0.2, 0) is 6.54 Å². The van der Waals surface area contributed by atoms with Gasteiger partial charge in [0.15, 0.2) is 5.13 Å². The van der Waals surface area contributed by atoms with E-state index < -0.39 is 0 Å². The molecule has 0 amide bonds. The Bertz CT molecular complexity index is 388. The van der Waals surface area contributed by atoms with E-state index in [1.807, 2.05) is 19.0 Å². The molecule has 1 aromatic rings. The molecule has 0 radical (unpaired) electrons. The number of aryl methyl sites for hydroxylation is 1. The lowest BCUT2D eigenvalue weighted by Gasteiger charge is -2.16. The Hall–Kier alpha value is -0.650. The van der Waals surface area contributed by atoms with Crippen LogP contribution in [-0.4, -0.2) is 36.8 Å². The molecule has 18 heavy (non-hydrogen) atoms. The van der Waals surface area contributed by atoms with Crippen LogP contribution in [0, 0.1) is 12.8 Å². The number of aliphatic hydroxyl groups is 1. The number of nitrogens with one attached hydrogen (secondary N) is 1. The predicted octanol–water partition coefficient (Wildman–Crippen LogP) is 1.77. The lowest BCUT2D eigenvalue weighted by molar-refractivity contribution is 0.256. The molecule has 0 aromatic carbocycles. The summed E-state index contributed by atoms with van der Waals surface area (Å²) in [5.74, 6) is 0.777. The third-order valence-electron chi connectivity index (χ3n) is 3.42. The summed E-state index contributed by atoms with van der Waals surface area (Å²) in [5, 5.41) is 13.7. The van der Waals surface area contributed by atoms with Gasteiger partial charge in [-0.2, -0.15) is 0 Å². The van der Waals surface area contributed by atoms with E-state index in [0.717, 1.165) is 29.7 Å². The summed E-state index contributed by atoms with van der Waals surface area (Å²) in [6.45, 7) is 3.22. The summed E-state index contributed by atoms with van der Waals surface area (Å²) in [4.78, 5) is 7.91. The average Bonchev–Trinajstić information content (AvgIpc) is 3.09. The van der Waals surface area contributed by atoms with Gasteiger partial charge in [0.2, 0.25) is 0 Å². The maximum absolute atomic E-state index is 9.09. The molecular weight excluding hydrogens is 246 g/mol. The minimum absolute atomic E-state index is 0.277. The van der Waals surface area contributed by atoms with Crippen molar-refractivity contribution in [3.05, 3.63) is 10.6 Å². The summed E-state index contributed by atoms with van der Waals surface area (Å²) in [6, 6.07) is 0.472. The van der Waals surface area contributed by atoms with Crippen molar-refractivity contribution in [2.45, 2.75) is 38.8 Å². The summed E-state index contributed by atoms with van der Waals surface area (Å²) in [7, 11) is 4.04. The van der Waals surface area contributed by atoms with Crippen LogP contribution in [0.15, 0.2) is 0 Å². The molecule has 1 aromatic heterocycles. The summed E-state index contributed by atoms with van der Waals surface area (Å²) in [6.07, 6.45) is 3.48. The van der Waals surface area contributed by atoms with Crippen LogP contribution in [0.1, 0.15) is 29.8 Å². The first-order valence-corrected chi connectivity index (χ1v) is 7.41. The maximum atomic E-state index is 9.09. The molecule has 0 saturated heterocycles. The number of hydrogen-bond acceptors (Lipinski definition) is 5. The van der Waals surface area contributed by atoms with Crippen LogP contribution in [0.2, 0.25) is 0 Å². The highest BCUT2D eigenvalue weighted by atomic mass is 32.1. The van der Waals surface area contributed by atoms with E-state index >= 15 is 0 Å². The van der Waals surface area contributed by atoms with Crippen molar-refractivity contribution >= 4 is 16.5 Å². The molecule has 0 bridgehead atoms. The number of anilines is 1. The van der Waals surface area contributed by atoms with Gasteiger partial charge < -0.3 is 15.3 Å². The second-order valence-corrected chi connectivity index (χ2v) is 6.30. The van der Waals surface area contributed by atoms with Crippen molar-refractivity contribution in [3.8, 4) is 0 Å². The van der Waals surface area contributed by atoms with Gasteiger partial charge in [-0.1, -0.05) is 0 Å². The Morgan fingerprint density at radius 1 is 1.50 bits per heavy atom. The lowest BCUT2D eigenvalue weighted by Crippen LogP contribution is -2.31. The van der Waals surface area contributed by atoms with E-state index in [1.54, 1.807) is 11.3 Å². The van der Waals surface area contributed by atoms with Crippen molar-refractivity contribution in [1.82, 2.24) is 10.3 Å². The highest BCUT2D eigenvalue weighted by Gasteiger charge is 2.30.